The lowest BCUT2D eigenvalue weighted by Gasteiger charge is -2.31. The number of hydrogen-bond donors (Lipinski definition) is 1. The lowest BCUT2D eigenvalue weighted by molar-refractivity contribution is 0.208. The zero-order valence-corrected chi connectivity index (χ0v) is 6.62. The number of nitrogens with one attached hydrogen (secondary N) is 1. The standard InChI is InChI=1S/C7H12N4/c1-5-2-6(3-5)4-7-8-10-11-9-7/h5-6H,2-4H2,1H3,(H,8,9,10,11). The number of nitrogens with zero attached hydrogens (tertiary/aromatic N) is 3. The summed E-state index contributed by atoms with van der Waals surface area (Å²) in [4.78, 5) is 0. The highest BCUT2D eigenvalue weighted by atomic mass is 15.5. The summed E-state index contributed by atoms with van der Waals surface area (Å²) in [5.41, 5.74) is 0. The molecule has 0 spiro atoms. The van der Waals surface area contributed by atoms with Crippen LogP contribution < -0.4 is 0 Å². The van der Waals surface area contributed by atoms with E-state index < -0.39 is 0 Å². The van der Waals surface area contributed by atoms with E-state index >= 15 is 0 Å². The van der Waals surface area contributed by atoms with Gasteiger partial charge in [0.1, 0.15) is 5.82 Å². The van der Waals surface area contributed by atoms with Crippen molar-refractivity contribution in [2.24, 2.45) is 11.8 Å². The molecule has 1 N–H and O–H groups in total. The highest BCUT2D eigenvalue weighted by Crippen LogP contribution is 2.34. The van der Waals surface area contributed by atoms with Crippen molar-refractivity contribution in [1.29, 1.82) is 0 Å². The Bertz CT molecular complexity index is 212. The second-order valence-electron chi connectivity index (χ2n) is 3.49. The van der Waals surface area contributed by atoms with Gasteiger partial charge in [-0.3, -0.25) is 0 Å². The maximum atomic E-state index is 3.85. The number of H-pyrrole nitrogens is 1. The molecule has 1 aliphatic carbocycles. The highest BCUT2D eigenvalue weighted by Gasteiger charge is 2.26. The molecule has 4 heteroatoms. The Balaban J connectivity index is 1.84. The fourth-order valence-corrected chi connectivity index (χ4v) is 1.77. The molecule has 0 radical (unpaired) electrons. The molecule has 0 bridgehead atoms. The molecule has 0 unspecified atom stereocenters. The van der Waals surface area contributed by atoms with Gasteiger partial charge in [0.15, 0.2) is 0 Å². The Morgan fingerprint density at radius 3 is 2.91 bits per heavy atom. The summed E-state index contributed by atoms with van der Waals surface area (Å²) in [6, 6.07) is 0. The first kappa shape index (κ1) is 6.76. The lowest BCUT2D eigenvalue weighted by Crippen LogP contribution is -2.23. The molecule has 1 heterocycles. The molecule has 60 valence electrons. The van der Waals surface area contributed by atoms with E-state index in [1.807, 2.05) is 0 Å². The molecule has 0 aliphatic heterocycles. The molecule has 0 aromatic carbocycles. The van der Waals surface area contributed by atoms with E-state index in [0.29, 0.717) is 0 Å². The lowest BCUT2D eigenvalue weighted by atomic mass is 9.74. The molecule has 1 aromatic heterocycles. The first-order valence-corrected chi connectivity index (χ1v) is 4.07. The Morgan fingerprint density at radius 2 is 2.36 bits per heavy atom. The molecule has 0 atom stereocenters. The van der Waals surface area contributed by atoms with E-state index in [4.69, 9.17) is 0 Å². The van der Waals surface area contributed by atoms with Gasteiger partial charge in [0.05, 0.1) is 0 Å². The van der Waals surface area contributed by atoms with Crippen molar-refractivity contribution in [1.82, 2.24) is 20.6 Å². The van der Waals surface area contributed by atoms with E-state index in [2.05, 4.69) is 27.5 Å². The van der Waals surface area contributed by atoms with Crippen molar-refractivity contribution < 1.29 is 0 Å². The van der Waals surface area contributed by atoms with Gasteiger partial charge in [0, 0.05) is 6.42 Å². The SMILES string of the molecule is CC1CC(Cc2nnn[nH]2)C1. The summed E-state index contributed by atoms with van der Waals surface area (Å²) in [5.74, 6) is 2.66. The fraction of sp³-hybridized carbons (Fsp3) is 0.857. The quantitative estimate of drug-likeness (QED) is 0.681. The smallest absolute Gasteiger partial charge is 0.148 e. The highest BCUT2D eigenvalue weighted by molar-refractivity contribution is 4.86. The summed E-state index contributed by atoms with van der Waals surface area (Å²) >= 11 is 0. The summed E-state index contributed by atoms with van der Waals surface area (Å²) in [6.07, 6.45) is 3.69. The topological polar surface area (TPSA) is 54.5 Å². The summed E-state index contributed by atoms with van der Waals surface area (Å²) in [5, 5.41) is 13.7. The normalized spacial score (nSPS) is 29.9. The maximum absolute atomic E-state index is 3.85. The van der Waals surface area contributed by atoms with E-state index in [1.54, 1.807) is 0 Å². The van der Waals surface area contributed by atoms with Crippen LogP contribution in [0.4, 0.5) is 0 Å². The Kier molecular flexibility index (Phi) is 1.60. The average molecular weight is 152 g/mol. The van der Waals surface area contributed by atoms with Gasteiger partial charge in [-0.1, -0.05) is 6.92 Å². The van der Waals surface area contributed by atoms with Gasteiger partial charge in [0.2, 0.25) is 0 Å². The van der Waals surface area contributed by atoms with Gasteiger partial charge >= 0.3 is 0 Å². The van der Waals surface area contributed by atoms with E-state index in [9.17, 15) is 0 Å². The van der Waals surface area contributed by atoms with Gasteiger partial charge in [0.25, 0.3) is 0 Å². The number of hydrogen-bond acceptors (Lipinski definition) is 3. The molecule has 4 nitrogen and oxygen atoms in total. The van der Waals surface area contributed by atoms with Crippen molar-refractivity contribution in [3.8, 4) is 0 Å². The zero-order chi connectivity index (χ0) is 7.68. The van der Waals surface area contributed by atoms with Crippen molar-refractivity contribution >= 4 is 0 Å². The maximum Gasteiger partial charge on any atom is 0.148 e. The molecular formula is C7H12N4. The second kappa shape index (κ2) is 2.60. The van der Waals surface area contributed by atoms with Crippen LogP contribution in [0.25, 0.3) is 0 Å². The van der Waals surface area contributed by atoms with Crippen LogP contribution in [0.2, 0.25) is 0 Å². The third-order valence-corrected chi connectivity index (χ3v) is 2.34. The molecule has 0 amide bonds. The molecule has 11 heavy (non-hydrogen) atoms. The summed E-state index contributed by atoms with van der Waals surface area (Å²) in [6.45, 7) is 2.29. The van der Waals surface area contributed by atoms with Gasteiger partial charge in [-0.05, 0) is 35.1 Å². The molecule has 1 aromatic rings. The van der Waals surface area contributed by atoms with Crippen molar-refractivity contribution in [3.05, 3.63) is 5.82 Å². The predicted molar refractivity (Wildman–Crippen MR) is 39.8 cm³/mol. The van der Waals surface area contributed by atoms with Gasteiger partial charge in [-0.15, -0.1) is 5.10 Å². The second-order valence-corrected chi connectivity index (χ2v) is 3.49. The largest absolute Gasteiger partial charge is 0.243 e. The van der Waals surface area contributed by atoms with Crippen molar-refractivity contribution in [3.63, 3.8) is 0 Å². The van der Waals surface area contributed by atoms with Gasteiger partial charge < -0.3 is 0 Å². The van der Waals surface area contributed by atoms with Crippen LogP contribution in [0.15, 0.2) is 0 Å². The number of tetrazole rings is 1. The zero-order valence-electron chi connectivity index (χ0n) is 6.62. The number of aromatic amines is 1. The van der Waals surface area contributed by atoms with Gasteiger partial charge in [-0.25, -0.2) is 5.10 Å². The minimum atomic E-state index is 0.819. The van der Waals surface area contributed by atoms with Crippen molar-refractivity contribution in [2.75, 3.05) is 0 Å². The van der Waals surface area contributed by atoms with Crippen LogP contribution in [-0.2, 0) is 6.42 Å². The molecule has 1 fully saturated rings. The molecule has 0 saturated heterocycles. The van der Waals surface area contributed by atoms with Crippen molar-refractivity contribution in [2.45, 2.75) is 26.2 Å². The first-order chi connectivity index (χ1) is 5.34. The van der Waals surface area contributed by atoms with Crippen LogP contribution in [0.5, 0.6) is 0 Å². The van der Waals surface area contributed by atoms with Crippen LogP contribution in [0.1, 0.15) is 25.6 Å². The third-order valence-electron chi connectivity index (χ3n) is 2.34. The minimum Gasteiger partial charge on any atom is -0.243 e. The third kappa shape index (κ3) is 1.39. The van der Waals surface area contributed by atoms with Crippen LogP contribution >= 0.6 is 0 Å². The Hall–Kier alpha value is -0.930. The van der Waals surface area contributed by atoms with E-state index in [-0.39, 0.29) is 0 Å². The summed E-state index contributed by atoms with van der Waals surface area (Å²) in [7, 11) is 0. The average Bonchev–Trinajstić information content (AvgIpc) is 2.36. The molecule has 2 rings (SSSR count). The Morgan fingerprint density at radius 1 is 1.55 bits per heavy atom. The van der Waals surface area contributed by atoms with Crippen LogP contribution in [-0.4, -0.2) is 20.6 Å². The molecular weight excluding hydrogens is 140 g/mol. The predicted octanol–water partition coefficient (Wildman–Crippen LogP) is 0.788. The van der Waals surface area contributed by atoms with Gasteiger partial charge in [-0.2, -0.15) is 0 Å². The monoisotopic (exact) mass is 152 g/mol. The van der Waals surface area contributed by atoms with Crippen LogP contribution in [0, 0.1) is 11.8 Å². The number of rotatable bonds is 2. The number of aromatic nitrogens is 4. The fourth-order valence-electron chi connectivity index (χ4n) is 1.77. The molecule has 1 aliphatic rings. The molecule has 1 saturated carbocycles. The minimum absolute atomic E-state index is 0.819. The first-order valence-electron chi connectivity index (χ1n) is 4.07. The van der Waals surface area contributed by atoms with Crippen LogP contribution in [0.3, 0.4) is 0 Å². The van der Waals surface area contributed by atoms with E-state index in [0.717, 1.165) is 24.1 Å². The van der Waals surface area contributed by atoms with E-state index in [1.165, 1.54) is 12.8 Å². The Labute approximate surface area is 65.4 Å². The summed E-state index contributed by atoms with van der Waals surface area (Å²) < 4.78 is 0.